The third-order valence-corrected chi connectivity index (χ3v) is 5.43. The number of hydrogen-bond donors (Lipinski definition) is 1. The van der Waals surface area contributed by atoms with Gasteiger partial charge >= 0.3 is 0 Å². The van der Waals surface area contributed by atoms with E-state index in [9.17, 15) is 4.79 Å². The molecule has 122 valence electrons. The van der Waals surface area contributed by atoms with E-state index in [-0.39, 0.29) is 11.8 Å². The van der Waals surface area contributed by atoms with Crippen molar-refractivity contribution < 1.29 is 4.79 Å². The predicted octanol–water partition coefficient (Wildman–Crippen LogP) is 3.79. The molecule has 0 aromatic carbocycles. The number of rotatable bonds is 7. The second-order valence-corrected chi connectivity index (χ2v) is 7.63. The fraction of sp³-hybridized carbons (Fsp3) is 0.706. The highest BCUT2D eigenvalue weighted by atomic mass is 32.2. The van der Waals surface area contributed by atoms with Crippen molar-refractivity contribution >= 4 is 17.7 Å². The van der Waals surface area contributed by atoms with E-state index in [4.69, 9.17) is 0 Å². The lowest BCUT2D eigenvalue weighted by molar-refractivity contribution is 0.0953. The molecule has 1 fully saturated rings. The Morgan fingerprint density at radius 1 is 1.27 bits per heavy atom. The van der Waals surface area contributed by atoms with E-state index in [0.29, 0.717) is 5.56 Å². The number of nitrogens with zero attached hydrogens (tertiary/aromatic N) is 2. The Morgan fingerprint density at radius 3 is 2.59 bits per heavy atom. The summed E-state index contributed by atoms with van der Waals surface area (Å²) in [5.41, 5.74) is 0.546. The first kappa shape index (κ1) is 17.3. The molecule has 0 atom stereocenters. The van der Waals surface area contributed by atoms with Crippen molar-refractivity contribution in [1.82, 2.24) is 15.3 Å². The number of hydrogen-bond acceptors (Lipinski definition) is 4. The Bertz CT molecular complexity index is 455. The molecular formula is C17H27N3OS. The molecule has 1 saturated carbocycles. The zero-order chi connectivity index (χ0) is 15.8. The highest BCUT2D eigenvalue weighted by Crippen LogP contribution is 2.28. The molecule has 5 heteroatoms. The summed E-state index contributed by atoms with van der Waals surface area (Å²) in [7, 11) is 0. The fourth-order valence-electron chi connectivity index (χ4n) is 2.61. The minimum absolute atomic E-state index is 0.0713. The van der Waals surface area contributed by atoms with E-state index in [1.807, 2.05) is 13.8 Å². The van der Waals surface area contributed by atoms with Crippen molar-refractivity contribution in [3.63, 3.8) is 0 Å². The van der Waals surface area contributed by atoms with Gasteiger partial charge in [-0.3, -0.25) is 4.79 Å². The molecule has 1 N–H and O–H groups in total. The SMILES string of the molecule is CC(C)c1ncc(C(=O)NCCCSC2CCCCC2)cn1. The first-order valence-electron chi connectivity index (χ1n) is 8.38. The lowest BCUT2D eigenvalue weighted by atomic mass is 10.0. The topological polar surface area (TPSA) is 54.9 Å². The summed E-state index contributed by atoms with van der Waals surface area (Å²) >= 11 is 2.07. The van der Waals surface area contributed by atoms with Crippen LogP contribution < -0.4 is 5.32 Å². The van der Waals surface area contributed by atoms with Gasteiger partial charge in [0.1, 0.15) is 5.82 Å². The summed E-state index contributed by atoms with van der Waals surface area (Å²) in [4.78, 5) is 20.5. The number of carbonyl (C=O) groups is 1. The third kappa shape index (κ3) is 5.59. The van der Waals surface area contributed by atoms with E-state index in [0.717, 1.165) is 29.8 Å². The minimum atomic E-state index is -0.0713. The molecule has 1 aromatic heterocycles. The number of amides is 1. The molecule has 1 aliphatic carbocycles. The molecule has 0 bridgehead atoms. The summed E-state index contributed by atoms with van der Waals surface area (Å²) in [6, 6.07) is 0. The van der Waals surface area contributed by atoms with Crippen molar-refractivity contribution in [2.24, 2.45) is 0 Å². The van der Waals surface area contributed by atoms with Crippen molar-refractivity contribution in [3.05, 3.63) is 23.8 Å². The van der Waals surface area contributed by atoms with Crippen molar-refractivity contribution in [3.8, 4) is 0 Å². The van der Waals surface area contributed by atoms with Gasteiger partial charge in [0.25, 0.3) is 5.91 Å². The zero-order valence-electron chi connectivity index (χ0n) is 13.7. The Morgan fingerprint density at radius 2 is 1.95 bits per heavy atom. The van der Waals surface area contributed by atoms with Gasteiger partial charge in [-0.05, 0) is 25.0 Å². The predicted molar refractivity (Wildman–Crippen MR) is 92.4 cm³/mol. The van der Waals surface area contributed by atoms with Gasteiger partial charge < -0.3 is 5.32 Å². The summed E-state index contributed by atoms with van der Waals surface area (Å²) < 4.78 is 0. The molecule has 0 spiro atoms. The first-order chi connectivity index (χ1) is 10.7. The first-order valence-corrected chi connectivity index (χ1v) is 9.43. The lowest BCUT2D eigenvalue weighted by Crippen LogP contribution is -2.25. The molecule has 2 rings (SSSR count). The molecule has 1 aliphatic rings. The van der Waals surface area contributed by atoms with Gasteiger partial charge in [-0.2, -0.15) is 11.8 Å². The Hall–Kier alpha value is -1.10. The van der Waals surface area contributed by atoms with Gasteiger partial charge in [-0.25, -0.2) is 9.97 Å². The normalized spacial score (nSPS) is 16.0. The smallest absolute Gasteiger partial charge is 0.254 e. The van der Waals surface area contributed by atoms with E-state index in [2.05, 4.69) is 27.0 Å². The summed E-state index contributed by atoms with van der Waals surface area (Å²) in [5.74, 6) is 2.13. The average molecular weight is 321 g/mol. The molecule has 1 aromatic rings. The molecule has 1 amide bonds. The molecule has 0 aliphatic heterocycles. The Labute approximate surface area is 137 Å². The number of nitrogens with one attached hydrogen (secondary N) is 1. The van der Waals surface area contributed by atoms with Crippen molar-refractivity contribution in [2.75, 3.05) is 12.3 Å². The van der Waals surface area contributed by atoms with Crippen LogP contribution in [0.5, 0.6) is 0 Å². The van der Waals surface area contributed by atoms with Crippen LogP contribution in [0.3, 0.4) is 0 Å². The van der Waals surface area contributed by atoms with Crippen LogP contribution in [0.4, 0.5) is 0 Å². The van der Waals surface area contributed by atoms with Gasteiger partial charge in [0.05, 0.1) is 5.56 Å². The standard InChI is InChI=1S/C17H27N3OS/c1-13(2)16-19-11-14(12-20-16)17(21)18-9-6-10-22-15-7-4-3-5-8-15/h11-13,15H,3-10H2,1-2H3,(H,18,21). The maximum atomic E-state index is 12.0. The van der Waals surface area contributed by atoms with Crippen LogP contribution in [0.15, 0.2) is 12.4 Å². The Balaban J connectivity index is 1.62. The van der Waals surface area contributed by atoms with Crippen LogP contribution in [0.25, 0.3) is 0 Å². The summed E-state index contributed by atoms with van der Waals surface area (Å²) in [6.45, 7) is 4.81. The van der Waals surface area contributed by atoms with Crippen LogP contribution in [-0.2, 0) is 0 Å². The number of carbonyl (C=O) groups excluding carboxylic acids is 1. The summed E-state index contributed by atoms with van der Waals surface area (Å²) in [6.07, 6.45) is 11.2. The van der Waals surface area contributed by atoms with Gasteiger partial charge in [0, 0.05) is 30.1 Å². The highest BCUT2D eigenvalue weighted by Gasteiger charge is 2.13. The van der Waals surface area contributed by atoms with Crippen molar-refractivity contribution in [1.29, 1.82) is 0 Å². The van der Waals surface area contributed by atoms with Gasteiger partial charge in [-0.15, -0.1) is 0 Å². The minimum Gasteiger partial charge on any atom is -0.352 e. The van der Waals surface area contributed by atoms with Crippen LogP contribution in [0.2, 0.25) is 0 Å². The molecule has 22 heavy (non-hydrogen) atoms. The molecular weight excluding hydrogens is 294 g/mol. The van der Waals surface area contributed by atoms with Gasteiger partial charge in [-0.1, -0.05) is 33.1 Å². The molecule has 4 nitrogen and oxygen atoms in total. The maximum absolute atomic E-state index is 12.0. The zero-order valence-corrected chi connectivity index (χ0v) is 14.5. The monoisotopic (exact) mass is 321 g/mol. The third-order valence-electron chi connectivity index (χ3n) is 3.96. The van der Waals surface area contributed by atoms with Crippen LogP contribution in [0, 0.1) is 0 Å². The van der Waals surface area contributed by atoms with Crippen molar-refractivity contribution in [2.45, 2.75) is 63.5 Å². The average Bonchev–Trinajstić information content (AvgIpc) is 2.55. The maximum Gasteiger partial charge on any atom is 0.254 e. The van der Waals surface area contributed by atoms with E-state index < -0.39 is 0 Å². The van der Waals surface area contributed by atoms with Gasteiger partial charge in [0.2, 0.25) is 0 Å². The second-order valence-electron chi connectivity index (χ2n) is 6.22. The molecule has 0 saturated heterocycles. The molecule has 0 unspecified atom stereocenters. The highest BCUT2D eigenvalue weighted by molar-refractivity contribution is 7.99. The largest absolute Gasteiger partial charge is 0.352 e. The fourth-order valence-corrected chi connectivity index (χ4v) is 3.92. The molecule has 0 radical (unpaired) electrons. The van der Waals surface area contributed by atoms with Crippen LogP contribution >= 0.6 is 11.8 Å². The molecule has 1 heterocycles. The van der Waals surface area contributed by atoms with Crippen LogP contribution in [-0.4, -0.2) is 33.4 Å². The van der Waals surface area contributed by atoms with E-state index in [1.54, 1.807) is 12.4 Å². The van der Waals surface area contributed by atoms with E-state index in [1.165, 1.54) is 32.1 Å². The number of thioether (sulfide) groups is 1. The quantitative estimate of drug-likeness (QED) is 0.776. The van der Waals surface area contributed by atoms with Crippen LogP contribution in [0.1, 0.15) is 74.5 Å². The number of aromatic nitrogens is 2. The van der Waals surface area contributed by atoms with Gasteiger partial charge in [0.15, 0.2) is 0 Å². The van der Waals surface area contributed by atoms with E-state index >= 15 is 0 Å². The second kappa shape index (κ2) is 9.13. The summed E-state index contributed by atoms with van der Waals surface area (Å²) in [5, 5.41) is 3.80. The lowest BCUT2D eigenvalue weighted by Gasteiger charge is -2.20. The Kier molecular flexibility index (Phi) is 7.16.